The maximum absolute atomic E-state index is 11.1. The topological polar surface area (TPSA) is 88.8 Å². The van der Waals surface area contributed by atoms with Gasteiger partial charge < -0.3 is 10.7 Å². The minimum atomic E-state index is -0.523. The third-order valence-corrected chi connectivity index (χ3v) is 2.35. The molecule has 0 saturated carbocycles. The summed E-state index contributed by atoms with van der Waals surface area (Å²) in [6.07, 6.45) is -0.0522. The molecule has 0 atom stereocenters. The SMILES string of the molecule is Cc1nc(CC(N)=O)[nH]c(=O)c1Br. The molecule has 0 aromatic carbocycles. The summed E-state index contributed by atoms with van der Waals surface area (Å²) in [6, 6.07) is 0. The number of nitrogens with one attached hydrogen (secondary N) is 1. The molecule has 1 aromatic heterocycles. The Bertz CT molecular complexity index is 399. The van der Waals surface area contributed by atoms with E-state index >= 15 is 0 Å². The molecule has 0 aliphatic heterocycles. The number of carbonyl (C=O) groups is 1. The number of aryl methyl sites for hydroxylation is 1. The second-order valence-electron chi connectivity index (χ2n) is 2.56. The third-order valence-electron chi connectivity index (χ3n) is 1.42. The van der Waals surface area contributed by atoms with E-state index in [1.807, 2.05) is 0 Å². The van der Waals surface area contributed by atoms with Crippen LogP contribution in [0.5, 0.6) is 0 Å². The average Bonchev–Trinajstić information content (AvgIpc) is 1.98. The fraction of sp³-hybridized carbons (Fsp3) is 0.286. The van der Waals surface area contributed by atoms with Crippen LogP contribution in [0.15, 0.2) is 9.27 Å². The molecule has 13 heavy (non-hydrogen) atoms. The Kier molecular flexibility index (Phi) is 2.82. The van der Waals surface area contributed by atoms with E-state index < -0.39 is 5.91 Å². The lowest BCUT2D eigenvalue weighted by atomic mass is 10.3. The van der Waals surface area contributed by atoms with E-state index in [2.05, 4.69) is 25.9 Å². The molecule has 0 radical (unpaired) electrons. The average molecular weight is 246 g/mol. The molecule has 6 heteroatoms. The highest BCUT2D eigenvalue weighted by Gasteiger charge is 2.06. The Balaban J connectivity index is 3.13. The molecular formula is C7H8BrN3O2. The van der Waals surface area contributed by atoms with Gasteiger partial charge in [-0.05, 0) is 22.9 Å². The van der Waals surface area contributed by atoms with E-state index in [1.54, 1.807) is 6.92 Å². The predicted octanol–water partition coefficient (Wildman–Crippen LogP) is -0.131. The zero-order valence-electron chi connectivity index (χ0n) is 6.93. The van der Waals surface area contributed by atoms with Crippen LogP contribution in [0.4, 0.5) is 0 Å². The number of nitrogens with zero attached hydrogens (tertiary/aromatic N) is 1. The molecule has 0 aliphatic carbocycles. The number of aromatic amines is 1. The maximum Gasteiger partial charge on any atom is 0.265 e. The molecule has 0 unspecified atom stereocenters. The quantitative estimate of drug-likeness (QED) is 0.761. The second kappa shape index (κ2) is 3.69. The van der Waals surface area contributed by atoms with E-state index in [-0.39, 0.29) is 12.0 Å². The van der Waals surface area contributed by atoms with Crippen LogP contribution < -0.4 is 11.3 Å². The van der Waals surface area contributed by atoms with E-state index in [1.165, 1.54) is 0 Å². The van der Waals surface area contributed by atoms with Crippen molar-refractivity contribution in [1.29, 1.82) is 0 Å². The van der Waals surface area contributed by atoms with Crippen molar-refractivity contribution < 1.29 is 4.79 Å². The van der Waals surface area contributed by atoms with Gasteiger partial charge in [-0.1, -0.05) is 0 Å². The van der Waals surface area contributed by atoms with Crippen molar-refractivity contribution in [3.05, 3.63) is 26.3 Å². The number of hydrogen-bond donors (Lipinski definition) is 2. The van der Waals surface area contributed by atoms with Crippen molar-refractivity contribution in [3.63, 3.8) is 0 Å². The number of primary amides is 1. The lowest BCUT2D eigenvalue weighted by Crippen LogP contribution is -2.20. The number of rotatable bonds is 2. The maximum atomic E-state index is 11.1. The number of nitrogens with two attached hydrogens (primary N) is 1. The molecule has 0 fully saturated rings. The van der Waals surface area contributed by atoms with Crippen molar-refractivity contribution in [3.8, 4) is 0 Å². The van der Waals surface area contributed by atoms with Gasteiger partial charge in [0.15, 0.2) is 0 Å². The summed E-state index contributed by atoms with van der Waals surface area (Å²) in [4.78, 5) is 28.1. The van der Waals surface area contributed by atoms with Crippen molar-refractivity contribution in [1.82, 2.24) is 9.97 Å². The molecule has 1 amide bonds. The zero-order chi connectivity index (χ0) is 10.0. The Morgan fingerprint density at radius 3 is 2.77 bits per heavy atom. The van der Waals surface area contributed by atoms with Gasteiger partial charge in [0.2, 0.25) is 5.91 Å². The van der Waals surface area contributed by atoms with Crippen LogP contribution in [0.2, 0.25) is 0 Å². The van der Waals surface area contributed by atoms with Gasteiger partial charge in [0.05, 0.1) is 12.1 Å². The normalized spacial score (nSPS) is 10.0. The van der Waals surface area contributed by atoms with Crippen molar-refractivity contribution >= 4 is 21.8 Å². The third kappa shape index (κ3) is 2.38. The van der Waals surface area contributed by atoms with Crippen LogP contribution in [0.3, 0.4) is 0 Å². The minimum absolute atomic E-state index is 0.0522. The highest BCUT2D eigenvalue weighted by atomic mass is 79.9. The summed E-state index contributed by atoms with van der Waals surface area (Å²) >= 11 is 3.06. The monoisotopic (exact) mass is 245 g/mol. The van der Waals surface area contributed by atoms with E-state index in [9.17, 15) is 9.59 Å². The summed E-state index contributed by atoms with van der Waals surface area (Å²) in [6.45, 7) is 1.67. The van der Waals surface area contributed by atoms with Crippen LogP contribution in [0.25, 0.3) is 0 Å². The van der Waals surface area contributed by atoms with Crippen LogP contribution >= 0.6 is 15.9 Å². The first-order chi connectivity index (χ1) is 6.00. The van der Waals surface area contributed by atoms with Crippen molar-refractivity contribution in [2.75, 3.05) is 0 Å². The Morgan fingerprint density at radius 1 is 1.69 bits per heavy atom. The first kappa shape index (κ1) is 9.91. The molecule has 3 N–H and O–H groups in total. The first-order valence-corrected chi connectivity index (χ1v) is 4.33. The smallest absolute Gasteiger partial charge is 0.265 e. The molecule has 0 spiro atoms. The van der Waals surface area contributed by atoms with Crippen LogP contribution in [-0.4, -0.2) is 15.9 Å². The largest absolute Gasteiger partial charge is 0.369 e. The van der Waals surface area contributed by atoms with Gasteiger partial charge in [-0.2, -0.15) is 0 Å². The van der Waals surface area contributed by atoms with Crippen LogP contribution in [-0.2, 0) is 11.2 Å². The van der Waals surface area contributed by atoms with Gasteiger partial charge in [-0.25, -0.2) is 4.98 Å². The number of H-pyrrole nitrogens is 1. The predicted molar refractivity (Wildman–Crippen MR) is 50.2 cm³/mol. The van der Waals surface area contributed by atoms with Gasteiger partial charge >= 0.3 is 0 Å². The van der Waals surface area contributed by atoms with Crippen LogP contribution in [0.1, 0.15) is 11.5 Å². The summed E-state index contributed by atoms with van der Waals surface area (Å²) < 4.78 is 0.376. The van der Waals surface area contributed by atoms with Gasteiger partial charge in [-0.3, -0.25) is 9.59 Å². The Morgan fingerprint density at radius 2 is 2.31 bits per heavy atom. The zero-order valence-corrected chi connectivity index (χ0v) is 8.51. The molecule has 1 aromatic rings. The second-order valence-corrected chi connectivity index (χ2v) is 3.35. The summed E-state index contributed by atoms with van der Waals surface area (Å²) in [5.41, 5.74) is 5.19. The van der Waals surface area contributed by atoms with E-state index in [0.717, 1.165) is 0 Å². The standard InChI is InChI=1S/C7H8BrN3O2/c1-3-6(8)7(13)11-5(10-3)2-4(9)12/h2H2,1H3,(H2,9,12)(H,10,11,13). The lowest BCUT2D eigenvalue weighted by molar-refractivity contribution is -0.117. The highest BCUT2D eigenvalue weighted by molar-refractivity contribution is 9.10. The van der Waals surface area contributed by atoms with Gasteiger partial charge in [0, 0.05) is 0 Å². The molecule has 0 saturated heterocycles. The Hall–Kier alpha value is -1.17. The summed E-state index contributed by atoms with van der Waals surface area (Å²) in [5.74, 6) is -0.233. The minimum Gasteiger partial charge on any atom is -0.369 e. The fourth-order valence-electron chi connectivity index (χ4n) is 0.878. The van der Waals surface area contributed by atoms with E-state index in [0.29, 0.717) is 16.0 Å². The highest BCUT2D eigenvalue weighted by Crippen LogP contribution is 2.06. The Labute approximate surface area is 82.5 Å². The van der Waals surface area contributed by atoms with Crippen molar-refractivity contribution in [2.24, 2.45) is 5.73 Å². The van der Waals surface area contributed by atoms with E-state index in [4.69, 9.17) is 5.73 Å². The molecule has 70 valence electrons. The summed E-state index contributed by atoms with van der Waals surface area (Å²) in [7, 11) is 0. The fourth-order valence-corrected chi connectivity index (χ4v) is 1.07. The molecule has 1 rings (SSSR count). The van der Waals surface area contributed by atoms with Gasteiger partial charge in [0.1, 0.15) is 10.3 Å². The number of carbonyl (C=O) groups excluding carboxylic acids is 1. The number of hydrogen-bond acceptors (Lipinski definition) is 3. The summed E-state index contributed by atoms with van der Waals surface area (Å²) in [5, 5.41) is 0. The van der Waals surface area contributed by atoms with Gasteiger partial charge in [0.25, 0.3) is 5.56 Å². The van der Waals surface area contributed by atoms with Crippen molar-refractivity contribution in [2.45, 2.75) is 13.3 Å². The first-order valence-electron chi connectivity index (χ1n) is 3.54. The number of aromatic nitrogens is 2. The molecular weight excluding hydrogens is 238 g/mol. The lowest BCUT2D eigenvalue weighted by Gasteiger charge is -2.00. The number of amides is 1. The van der Waals surface area contributed by atoms with Crippen LogP contribution in [0, 0.1) is 6.92 Å². The van der Waals surface area contributed by atoms with Gasteiger partial charge in [-0.15, -0.1) is 0 Å². The number of halogens is 1. The molecule has 0 bridgehead atoms. The molecule has 1 heterocycles. The molecule has 5 nitrogen and oxygen atoms in total. The molecule has 0 aliphatic rings.